The Morgan fingerprint density at radius 2 is 1.91 bits per heavy atom. The van der Waals surface area contributed by atoms with Crippen LogP contribution in [0.4, 0.5) is 10.3 Å². The maximum Gasteiger partial charge on any atom is 0.228 e. The van der Waals surface area contributed by atoms with E-state index < -0.39 is 16.6 Å². The molecule has 0 radical (unpaired) electrons. The molecule has 180 valence electrons. The number of benzene rings is 1. The molecule has 1 saturated heterocycles. The highest BCUT2D eigenvalue weighted by atomic mass is 35.5. The van der Waals surface area contributed by atoms with Crippen molar-refractivity contribution in [3.05, 3.63) is 58.4 Å². The van der Waals surface area contributed by atoms with E-state index in [-0.39, 0.29) is 10.8 Å². The lowest BCUT2D eigenvalue weighted by Crippen LogP contribution is -2.40. The van der Waals surface area contributed by atoms with Crippen molar-refractivity contribution < 1.29 is 8.60 Å². The second kappa shape index (κ2) is 8.60. The van der Waals surface area contributed by atoms with Crippen LogP contribution < -0.4 is 4.90 Å². The van der Waals surface area contributed by atoms with Crippen molar-refractivity contribution in [2.24, 2.45) is 0 Å². The van der Waals surface area contributed by atoms with Gasteiger partial charge < -0.3 is 4.90 Å². The highest BCUT2D eigenvalue weighted by molar-refractivity contribution is 7.85. The summed E-state index contributed by atoms with van der Waals surface area (Å²) in [5.41, 5.74) is 3.90. The maximum atomic E-state index is 15.0. The molecular weight excluding hydrogens is 489 g/mol. The first kappa shape index (κ1) is 22.5. The molecule has 1 aromatic carbocycles. The van der Waals surface area contributed by atoms with Gasteiger partial charge in [0.2, 0.25) is 5.95 Å². The molecule has 11 heteroatoms. The molecule has 3 aromatic heterocycles. The molecule has 1 saturated carbocycles. The van der Waals surface area contributed by atoms with Crippen molar-refractivity contribution >= 4 is 39.5 Å². The highest BCUT2D eigenvalue weighted by Gasteiger charge is 2.32. The Kier molecular flexibility index (Phi) is 5.52. The fourth-order valence-electron chi connectivity index (χ4n) is 4.33. The van der Waals surface area contributed by atoms with Crippen LogP contribution in [0, 0.1) is 19.7 Å². The van der Waals surface area contributed by atoms with Gasteiger partial charge in [0.05, 0.1) is 28.9 Å². The van der Waals surface area contributed by atoms with Gasteiger partial charge in [0, 0.05) is 52.0 Å². The lowest BCUT2D eigenvalue weighted by Gasteiger charge is -2.32. The Balaban J connectivity index is 1.43. The van der Waals surface area contributed by atoms with Crippen LogP contribution >= 0.6 is 11.6 Å². The second-order valence-electron chi connectivity index (χ2n) is 9.07. The van der Waals surface area contributed by atoms with Gasteiger partial charge in [0.1, 0.15) is 17.0 Å². The minimum absolute atomic E-state index is 0.211. The molecule has 0 bridgehead atoms. The van der Waals surface area contributed by atoms with E-state index in [1.807, 2.05) is 35.8 Å². The fourth-order valence-corrected chi connectivity index (χ4v) is 5.94. The largest absolute Gasteiger partial charge is 0.338 e. The smallest absolute Gasteiger partial charge is 0.228 e. The predicted octanol–water partition coefficient (Wildman–Crippen LogP) is 4.34. The standard InChI is InChI=1S/C24H23ClFN7OS/c1-13-14(2)29-23-22(28-13)21(18-6-3-16(25)9-19(18)26)30-24(31-23)32-7-8-35(34)20(12-32)15-10-27-33(11-15)17-4-5-17/h3,6,9-11,17,20H,4-5,7-8,12H2,1-2H3. The number of hydrogen-bond acceptors (Lipinski definition) is 7. The average molecular weight is 512 g/mol. The highest BCUT2D eigenvalue weighted by Crippen LogP contribution is 2.36. The fraction of sp³-hybridized carbons (Fsp3) is 0.375. The quantitative estimate of drug-likeness (QED) is 0.402. The van der Waals surface area contributed by atoms with Crippen LogP contribution in [0.5, 0.6) is 0 Å². The lowest BCUT2D eigenvalue weighted by atomic mass is 10.1. The lowest BCUT2D eigenvalue weighted by molar-refractivity contribution is 0.630. The molecule has 0 spiro atoms. The van der Waals surface area contributed by atoms with E-state index in [1.54, 1.807) is 12.1 Å². The van der Waals surface area contributed by atoms with E-state index in [2.05, 4.69) is 15.1 Å². The topological polar surface area (TPSA) is 89.7 Å². The van der Waals surface area contributed by atoms with Crippen LogP contribution in [0.1, 0.15) is 41.1 Å². The molecular formula is C24H23ClFN7OS. The molecule has 1 aliphatic heterocycles. The Labute approximate surface area is 209 Å². The monoisotopic (exact) mass is 511 g/mol. The second-order valence-corrected chi connectivity index (χ2v) is 11.2. The summed E-state index contributed by atoms with van der Waals surface area (Å²) in [4.78, 5) is 20.7. The molecule has 4 aromatic rings. The van der Waals surface area contributed by atoms with E-state index in [4.69, 9.17) is 21.6 Å². The Morgan fingerprint density at radius 1 is 1.11 bits per heavy atom. The summed E-state index contributed by atoms with van der Waals surface area (Å²) < 4.78 is 29.9. The van der Waals surface area contributed by atoms with E-state index in [0.29, 0.717) is 52.7 Å². The third kappa shape index (κ3) is 4.18. The van der Waals surface area contributed by atoms with Crippen LogP contribution in [-0.4, -0.2) is 52.8 Å². The summed E-state index contributed by atoms with van der Waals surface area (Å²) in [6, 6.07) is 4.94. The minimum Gasteiger partial charge on any atom is -0.338 e. The van der Waals surface area contributed by atoms with Crippen molar-refractivity contribution in [3.8, 4) is 11.3 Å². The summed E-state index contributed by atoms with van der Waals surface area (Å²) in [6.45, 7) is 4.70. The maximum absolute atomic E-state index is 15.0. The normalized spacial score (nSPS) is 20.5. The number of anilines is 1. The van der Waals surface area contributed by atoms with Crippen LogP contribution in [0.25, 0.3) is 22.4 Å². The van der Waals surface area contributed by atoms with Gasteiger partial charge in [-0.15, -0.1) is 0 Å². The third-order valence-corrected chi connectivity index (χ3v) is 8.46. The van der Waals surface area contributed by atoms with Gasteiger partial charge in [0.25, 0.3) is 0 Å². The molecule has 6 rings (SSSR count). The summed E-state index contributed by atoms with van der Waals surface area (Å²) in [5.74, 6) is 0.397. The molecule has 2 fully saturated rings. The molecule has 0 N–H and O–H groups in total. The Morgan fingerprint density at radius 3 is 2.69 bits per heavy atom. The number of halogens is 2. The molecule has 2 atom stereocenters. The van der Waals surface area contributed by atoms with Crippen LogP contribution in [0.15, 0.2) is 30.6 Å². The predicted molar refractivity (Wildman–Crippen MR) is 133 cm³/mol. The van der Waals surface area contributed by atoms with Gasteiger partial charge >= 0.3 is 0 Å². The molecule has 35 heavy (non-hydrogen) atoms. The number of fused-ring (bicyclic) bond motifs is 1. The van der Waals surface area contributed by atoms with E-state index in [0.717, 1.165) is 29.8 Å². The Hall–Kier alpha value is -2.98. The first-order valence-corrected chi connectivity index (χ1v) is 13.3. The zero-order chi connectivity index (χ0) is 24.3. The molecule has 2 unspecified atom stereocenters. The van der Waals surface area contributed by atoms with Gasteiger partial charge in [0.15, 0.2) is 5.65 Å². The van der Waals surface area contributed by atoms with Crippen LogP contribution in [-0.2, 0) is 10.8 Å². The zero-order valence-electron chi connectivity index (χ0n) is 19.3. The SMILES string of the molecule is Cc1nc2nc(N3CCS(=O)C(c4cnn(C5CC5)c4)C3)nc(-c3ccc(Cl)cc3F)c2nc1C. The van der Waals surface area contributed by atoms with Crippen molar-refractivity contribution in [3.63, 3.8) is 0 Å². The number of nitrogens with zero attached hydrogens (tertiary/aromatic N) is 7. The number of aromatic nitrogens is 6. The van der Waals surface area contributed by atoms with Gasteiger partial charge in [-0.2, -0.15) is 10.1 Å². The van der Waals surface area contributed by atoms with Gasteiger partial charge in [-0.05, 0) is 44.9 Å². The van der Waals surface area contributed by atoms with Crippen LogP contribution in [0.2, 0.25) is 5.02 Å². The number of rotatable bonds is 4. The summed E-state index contributed by atoms with van der Waals surface area (Å²) in [6.07, 6.45) is 6.10. The summed E-state index contributed by atoms with van der Waals surface area (Å²) >= 11 is 5.99. The van der Waals surface area contributed by atoms with E-state index in [1.165, 1.54) is 6.07 Å². The van der Waals surface area contributed by atoms with Crippen molar-refractivity contribution in [2.45, 2.75) is 38.0 Å². The molecule has 0 amide bonds. The van der Waals surface area contributed by atoms with E-state index >= 15 is 0 Å². The number of aryl methyl sites for hydroxylation is 2. The van der Waals surface area contributed by atoms with E-state index in [9.17, 15) is 8.60 Å². The first-order valence-electron chi connectivity index (χ1n) is 11.5. The molecule has 1 aliphatic carbocycles. The Bertz CT molecular complexity index is 1490. The van der Waals surface area contributed by atoms with Gasteiger partial charge in [-0.1, -0.05) is 11.6 Å². The zero-order valence-corrected chi connectivity index (χ0v) is 20.9. The summed E-state index contributed by atoms with van der Waals surface area (Å²) in [5, 5.41) is 4.57. The number of hydrogen-bond donors (Lipinski definition) is 0. The molecule has 8 nitrogen and oxygen atoms in total. The molecule has 2 aliphatic rings. The first-order chi connectivity index (χ1) is 16.9. The van der Waals surface area contributed by atoms with Gasteiger partial charge in [-0.25, -0.2) is 19.3 Å². The third-order valence-electron chi connectivity index (χ3n) is 6.58. The molecule has 4 heterocycles. The van der Waals surface area contributed by atoms with Crippen molar-refractivity contribution in [1.82, 2.24) is 29.7 Å². The average Bonchev–Trinajstić information content (AvgIpc) is 3.57. The van der Waals surface area contributed by atoms with Gasteiger partial charge in [-0.3, -0.25) is 8.89 Å². The van der Waals surface area contributed by atoms with Crippen molar-refractivity contribution in [2.75, 3.05) is 23.7 Å². The minimum atomic E-state index is -1.04. The summed E-state index contributed by atoms with van der Waals surface area (Å²) in [7, 11) is -1.04. The van der Waals surface area contributed by atoms with Crippen LogP contribution in [0.3, 0.4) is 0 Å². The van der Waals surface area contributed by atoms with Crippen molar-refractivity contribution in [1.29, 1.82) is 0 Å².